The molecule has 1 aliphatic rings. The molecule has 1 saturated heterocycles. The van der Waals surface area contributed by atoms with E-state index in [4.69, 9.17) is 15.5 Å². The van der Waals surface area contributed by atoms with Gasteiger partial charge in [-0.3, -0.25) is 9.88 Å². The van der Waals surface area contributed by atoms with Crippen LogP contribution in [-0.4, -0.2) is 51.1 Å². The van der Waals surface area contributed by atoms with Crippen molar-refractivity contribution in [1.82, 2.24) is 25.2 Å². The van der Waals surface area contributed by atoms with Gasteiger partial charge in [-0.25, -0.2) is 9.78 Å². The van der Waals surface area contributed by atoms with Gasteiger partial charge in [-0.2, -0.15) is 0 Å². The summed E-state index contributed by atoms with van der Waals surface area (Å²) in [5.41, 5.74) is 8.44. The Hall–Kier alpha value is -2.97. The van der Waals surface area contributed by atoms with E-state index < -0.39 is 6.09 Å². The highest BCUT2D eigenvalue weighted by atomic mass is 16.5. The summed E-state index contributed by atoms with van der Waals surface area (Å²) < 4.78 is 5.06. The predicted octanol–water partition coefficient (Wildman–Crippen LogP) is 3.22. The Morgan fingerprint density at radius 3 is 2.80 bits per heavy atom. The first-order valence-electron chi connectivity index (χ1n) is 10.2. The van der Waals surface area contributed by atoms with E-state index in [1.54, 1.807) is 12.1 Å². The molecular weight excluding hydrogens is 380 g/mol. The third kappa shape index (κ3) is 4.15. The number of primary amides is 1. The summed E-state index contributed by atoms with van der Waals surface area (Å²) >= 11 is 0. The second-order valence-electron chi connectivity index (χ2n) is 8.57. The molecule has 0 saturated carbocycles. The summed E-state index contributed by atoms with van der Waals surface area (Å²) in [6.45, 7) is 9.69. The number of carbonyl (C=O) groups is 1. The van der Waals surface area contributed by atoms with Crippen molar-refractivity contribution in [1.29, 1.82) is 0 Å². The largest absolute Gasteiger partial charge is 0.410 e. The standard InChI is InChI=1S/C22H28N6O2/c1-22(2,3)28-11-5-10-24-13-17(28)15-9-8-14(12-25-15)20-26-16-6-4-7-18(19(16)27-20)30-21(23)29/h4,6-9,12,17,24H,5,10-11,13H2,1-3H3,(H2,23,29)(H,26,27). The van der Waals surface area contributed by atoms with Gasteiger partial charge in [-0.15, -0.1) is 0 Å². The molecule has 4 N–H and O–H groups in total. The van der Waals surface area contributed by atoms with E-state index in [1.807, 2.05) is 18.3 Å². The molecule has 1 fully saturated rings. The zero-order chi connectivity index (χ0) is 21.3. The number of H-pyrrole nitrogens is 1. The maximum atomic E-state index is 11.1. The van der Waals surface area contributed by atoms with Crippen LogP contribution < -0.4 is 15.8 Å². The summed E-state index contributed by atoms with van der Waals surface area (Å²) in [5, 5.41) is 3.53. The second kappa shape index (κ2) is 8.04. The van der Waals surface area contributed by atoms with Gasteiger partial charge in [-0.1, -0.05) is 6.07 Å². The normalized spacial score (nSPS) is 18.3. The van der Waals surface area contributed by atoms with Crippen LogP contribution in [0.1, 0.15) is 38.9 Å². The van der Waals surface area contributed by atoms with Gasteiger partial charge in [-0.05, 0) is 58.0 Å². The summed E-state index contributed by atoms with van der Waals surface area (Å²) in [7, 11) is 0. The lowest BCUT2D eigenvalue weighted by molar-refractivity contribution is 0.0884. The molecule has 8 heteroatoms. The quantitative estimate of drug-likeness (QED) is 0.614. The molecule has 0 bridgehead atoms. The average Bonchev–Trinajstić information content (AvgIpc) is 2.97. The molecule has 3 aromatic rings. The Balaban J connectivity index is 1.64. The fourth-order valence-electron chi connectivity index (χ4n) is 4.02. The number of para-hydroxylation sites is 1. The minimum atomic E-state index is -0.863. The van der Waals surface area contributed by atoms with E-state index in [9.17, 15) is 4.79 Å². The van der Waals surface area contributed by atoms with Crippen LogP contribution in [-0.2, 0) is 0 Å². The van der Waals surface area contributed by atoms with Gasteiger partial charge in [0.1, 0.15) is 11.3 Å². The molecule has 1 atom stereocenters. The van der Waals surface area contributed by atoms with Gasteiger partial charge >= 0.3 is 6.09 Å². The summed E-state index contributed by atoms with van der Waals surface area (Å²) in [6, 6.07) is 9.64. The molecule has 4 rings (SSSR count). The Morgan fingerprint density at radius 2 is 2.10 bits per heavy atom. The first-order valence-corrected chi connectivity index (χ1v) is 10.2. The Bertz CT molecular complexity index is 1040. The third-order valence-electron chi connectivity index (χ3n) is 5.42. The van der Waals surface area contributed by atoms with Gasteiger partial charge < -0.3 is 20.8 Å². The molecule has 158 valence electrons. The second-order valence-corrected chi connectivity index (χ2v) is 8.57. The van der Waals surface area contributed by atoms with Crippen LogP contribution in [0.3, 0.4) is 0 Å². The van der Waals surface area contributed by atoms with Gasteiger partial charge in [0.25, 0.3) is 0 Å². The van der Waals surface area contributed by atoms with Gasteiger partial charge in [0, 0.05) is 30.4 Å². The highest BCUT2D eigenvalue weighted by Gasteiger charge is 2.31. The maximum absolute atomic E-state index is 11.1. The van der Waals surface area contributed by atoms with Gasteiger partial charge in [0.15, 0.2) is 5.75 Å². The van der Waals surface area contributed by atoms with Crippen LogP contribution in [0.5, 0.6) is 5.75 Å². The molecule has 3 heterocycles. The van der Waals surface area contributed by atoms with E-state index in [1.165, 1.54) is 0 Å². The van der Waals surface area contributed by atoms with Crippen molar-refractivity contribution in [3.63, 3.8) is 0 Å². The van der Waals surface area contributed by atoms with Crippen molar-refractivity contribution >= 4 is 17.1 Å². The number of rotatable bonds is 3. The molecule has 8 nitrogen and oxygen atoms in total. The van der Waals surface area contributed by atoms with E-state index >= 15 is 0 Å². The van der Waals surface area contributed by atoms with Crippen molar-refractivity contribution in [2.75, 3.05) is 19.6 Å². The monoisotopic (exact) mass is 408 g/mol. The lowest BCUT2D eigenvalue weighted by atomic mass is 10.00. The number of aromatic nitrogens is 3. The molecule has 2 aromatic heterocycles. The molecule has 0 spiro atoms. The van der Waals surface area contributed by atoms with Crippen LogP contribution in [0.25, 0.3) is 22.4 Å². The molecule has 0 aliphatic carbocycles. The highest BCUT2D eigenvalue weighted by molar-refractivity contribution is 5.86. The lowest BCUT2D eigenvalue weighted by Gasteiger charge is -2.40. The molecule has 30 heavy (non-hydrogen) atoms. The molecule has 0 radical (unpaired) electrons. The summed E-state index contributed by atoms with van der Waals surface area (Å²) in [4.78, 5) is 26.3. The predicted molar refractivity (Wildman–Crippen MR) is 116 cm³/mol. The van der Waals surface area contributed by atoms with Crippen LogP contribution in [0.4, 0.5) is 4.79 Å². The van der Waals surface area contributed by atoms with E-state index in [2.05, 4.69) is 47.0 Å². The number of fused-ring (bicyclic) bond motifs is 1. The number of nitrogens with two attached hydrogens (primary N) is 1. The molecule has 1 aliphatic heterocycles. The summed E-state index contributed by atoms with van der Waals surface area (Å²) in [6.07, 6.45) is 2.10. The van der Waals surface area contributed by atoms with Crippen LogP contribution in [0, 0.1) is 0 Å². The minimum absolute atomic E-state index is 0.0621. The van der Waals surface area contributed by atoms with E-state index in [0.717, 1.165) is 42.8 Å². The van der Waals surface area contributed by atoms with Crippen molar-refractivity contribution in [3.8, 4) is 17.1 Å². The fraction of sp³-hybridized carbons (Fsp3) is 0.409. The SMILES string of the molecule is CC(C)(C)N1CCCNCC1c1ccc(-c2nc3c(OC(N)=O)cccc3[nH]2)cn1. The zero-order valence-electron chi connectivity index (χ0n) is 17.6. The van der Waals surface area contributed by atoms with Crippen molar-refractivity contribution in [3.05, 3.63) is 42.2 Å². The number of hydrogen-bond donors (Lipinski definition) is 3. The van der Waals surface area contributed by atoms with E-state index in [-0.39, 0.29) is 11.6 Å². The van der Waals surface area contributed by atoms with E-state index in [0.29, 0.717) is 17.1 Å². The lowest BCUT2D eigenvalue weighted by Crippen LogP contribution is -2.45. The number of ether oxygens (including phenoxy) is 1. The maximum Gasteiger partial charge on any atom is 0.410 e. The fourth-order valence-corrected chi connectivity index (χ4v) is 4.02. The first-order chi connectivity index (χ1) is 14.3. The summed E-state index contributed by atoms with van der Waals surface area (Å²) in [5.74, 6) is 0.994. The zero-order valence-corrected chi connectivity index (χ0v) is 17.6. The van der Waals surface area contributed by atoms with Crippen molar-refractivity contribution in [2.24, 2.45) is 5.73 Å². The third-order valence-corrected chi connectivity index (χ3v) is 5.42. The number of nitrogens with one attached hydrogen (secondary N) is 2. The molecule has 1 aromatic carbocycles. The van der Waals surface area contributed by atoms with Crippen molar-refractivity contribution in [2.45, 2.75) is 38.8 Å². The number of carbonyl (C=O) groups excluding carboxylic acids is 1. The number of imidazole rings is 1. The highest BCUT2D eigenvalue weighted by Crippen LogP contribution is 2.30. The average molecular weight is 409 g/mol. The molecule has 1 amide bonds. The van der Waals surface area contributed by atoms with Crippen LogP contribution in [0.2, 0.25) is 0 Å². The Morgan fingerprint density at radius 1 is 1.27 bits per heavy atom. The van der Waals surface area contributed by atoms with Crippen LogP contribution >= 0.6 is 0 Å². The Kier molecular flexibility index (Phi) is 5.44. The minimum Gasteiger partial charge on any atom is -0.408 e. The number of benzene rings is 1. The smallest absolute Gasteiger partial charge is 0.408 e. The number of aromatic amines is 1. The topological polar surface area (TPSA) is 109 Å². The van der Waals surface area contributed by atoms with Crippen LogP contribution in [0.15, 0.2) is 36.5 Å². The number of nitrogens with zero attached hydrogens (tertiary/aromatic N) is 3. The molecular formula is C22H28N6O2. The first kappa shape index (κ1) is 20.3. The van der Waals surface area contributed by atoms with Gasteiger partial charge in [0.2, 0.25) is 0 Å². The van der Waals surface area contributed by atoms with Crippen molar-refractivity contribution < 1.29 is 9.53 Å². The number of amides is 1. The van der Waals surface area contributed by atoms with Gasteiger partial charge in [0.05, 0.1) is 17.3 Å². The molecule has 1 unspecified atom stereocenters. The number of pyridine rings is 1. The number of hydrogen-bond acceptors (Lipinski definition) is 6. The Labute approximate surface area is 175 Å².